The molecule has 0 bridgehead atoms. The molecule has 0 saturated heterocycles. The van der Waals surface area contributed by atoms with Crippen LogP contribution in [0.1, 0.15) is 13.3 Å². The van der Waals surface area contributed by atoms with Gasteiger partial charge in [0.05, 0.1) is 4.90 Å². The lowest BCUT2D eigenvalue weighted by molar-refractivity contribution is 0.542. The Labute approximate surface area is 118 Å². The predicted molar refractivity (Wildman–Crippen MR) is 74.1 cm³/mol. The van der Waals surface area contributed by atoms with E-state index in [1.165, 1.54) is 6.08 Å². The van der Waals surface area contributed by atoms with E-state index in [9.17, 15) is 21.2 Å². The first kappa shape index (κ1) is 16.8. The molecule has 1 atom stereocenters. The molecule has 0 aromatic heterocycles. The molecule has 1 unspecified atom stereocenters. The van der Waals surface area contributed by atoms with Crippen molar-refractivity contribution in [2.45, 2.75) is 29.2 Å². The molecule has 0 spiro atoms. The zero-order chi connectivity index (χ0) is 15.6. The van der Waals surface area contributed by atoms with Gasteiger partial charge >= 0.3 is 0 Å². The van der Waals surface area contributed by atoms with E-state index < -0.39 is 36.6 Å². The minimum atomic E-state index is -4.13. The van der Waals surface area contributed by atoms with Gasteiger partial charge in [0.25, 0.3) is 0 Å². The van der Waals surface area contributed by atoms with Crippen LogP contribution in [0.3, 0.4) is 0 Å². The summed E-state index contributed by atoms with van der Waals surface area (Å²) in [7, 11) is -7.75. The SMILES string of the molecule is C=CCC(C)NS(=O)(=O)c1cc(S(C)(=O)=O)ccc1F. The van der Waals surface area contributed by atoms with E-state index in [2.05, 4.69) is 11.3 Å². The highest BCUT2D eigenvalue weighted by Gasteiger charge is 2.23. The summed E-state index contributed by atoms with van der Waals surface area (Å²) in [5, 5.41) is 0. The fraction of sp³-hybridized carbons (Fsp3) is 0.333. The maximum atomic E-state index is 13.7. The summed E-state index contributed by atoms with van der Waals surface area (Å²) in [5.41, 5.74) is 0. The van der Waals surface area contributed by atoms with Crippen molar-refractivity contribution in [2.75, 3.05) is 6.26 Å². The van der Waals surface area contributed by atoms with E-state index in [4.69, 9.17) is 0 Å². The van der Waals surface area contributed by atoms with Gasteiger partial charge in [0.2, 0.25) is 10.0 Å². The molecule has 112 valence electrons. The lowest BCUT2D eigenvalue weighted by atomic mass is 10.3. The number of nitrogens with one attached hydrogen (secondary N) is 1. The Kier molecular flexibility index (Phi) is 5.06. The van der Waals surface area contributed by atoms with Crippen molar-refractivity contribution in [3.8, 4) is 0 Å². The van der Waals surface area contributed by atoms with E-state index in [0.29, 0.717) is 6.42 Å². The number of rotatable bonds is 6. The van der Waals surface area contributed by atoms with Crippen LogP contribution in [-0.4, -0.2) is 29.1 Å². The van der Waals surface area contributed by atoms with Crippen molar-refractivity contribution in [1.29, 1.82) is 0 Å². The van der Waals surface area contributed by atoms with Crippen LogP contribution in [0.25, 0.3) is 0 Å². The van der Waals surface area contributed by atoms with Crippen molar-refractivity contribution < 1.29 is 21.2 Å². The first-order valence-electron chi connectivity index (χ1n) is 5.71. The fourth-order valence-corrected chi connectivity index (χ4v) is 3.63. The van der Waals surface area contributed by atoms with Gasteiger partial charge in [0.15, 0.2) is 9.84 Å². The molecule has 20 heavy (non-hydrogen) atoms. The Morgan fingerprint density at radius 3 is 2.45 bits per heavy atom. The second kappa shape index (κ2) is 6.02. The number of sulfonamides is 1. The summed E-state index contributed by atoms with van der Waals surface area (Å²) >= 11 is 0. The number of halogens is 1. The van der Waals surface area contributed by atoms with Crippen molar-refractivity contribution in [3.05, 3.63) is 36.7 Å². The van der Waals surface area contributed by atoms with E-state index in [0.717, 1.165) is 24.5 Å². The molecule has 0 saturated carbocycles. The van der Waals surface area contributed by atoms with Crippen molar-refractivity contribution in [2.24, 2.45) is 0 Å². The number of sulfone groups is 1. The highest BCUT2D eigenvalue weighted by atomic mass is 32.2. The summed E-state index contributed by atoms with van der Waals surface area (Å²) in [6.07, 6.45) is 2.81. The van der Waals surface area contributed by atoms with Crippen LogP contribution in [0.15, 0.2) is 40.6 Å². The number of hydrogen-bond donors (Lipinski definition) is 1. The second-order valence-electron chi connectivity index (χ2n) is 4.41. The van der Waals surface area contributed by atoms with Gasteiger partial charge in [-0.1, -0.05) is 6.08 Å². The Morgan fingerprint density at radius 2 is 1.95 bits per heavy atom. The topological polar surface area (TPSA) is 80.3 Å². The van der Waals surface area contributed by atoms with Crippen molar-refractivity contribution >= 4 is 19.9 Å². The Balaban J connectivity index is 3.28. The Hall–Kier alpha value is -1.25. The predicted octanol–water partition coefficient (Wildman–Crippen LogP) is 1.47. The third-order valence-corrected chi connectivity index (χ3v) is 5.21. The van der Waals surface area contributed by atoms with Crippen LogP contribution in [0.2, 0.25) is 0 Å². The van der Waals surface area contributed by atoms with Crippen LogP contribution in [0.4, 0.5) is 4.39 Å². The molecule has 0 aliphatic heterocycles. The fourth-order valence-electron chi connectivity index (χ4n) is 1.55. The highest BCUT2D eigenvalue weighted by molar-refractivity contribution is 7.91. The van der Waals surface area contributed by atoms with E-state index in [1.54, 1.807) is 6.92 Å². The molecule has 0 heterocycles. The minimum absolute atomic E-state index is 0.254. The quantitative estimate of drug-likeness (QED) is 0.635. The molecule has 0 amide bonds. The molecule has 8 heteroatoms. The summed E-state index contributed by atoms with van der Waals surface area (Å²) in [6.45, 7) is 5.07. The van der Waals surface area contributed by atoms with Gasteiger partial charge in [0, 0.05) is 12.3 Å². The Morgan fingerprint density at radius 1 is 1.35 bits per heavy atom. The van der Waals surface area contributed by atoms with E-state index in [-0.39, 0.29) is 4.90 Å². The number of hydrogen-bond acceptors (Lipinski definition) is 4. The zero-order valence-corrected chi connectivity index (χ0v) is 12.8. The lowest BCUT2D eigenvalue weighted by Gasteiger charge is -2.13. The Bertz CT molecular complexity index is 711. The van der Waals surface area contributed by atoms with Crippen LogP contribution < -0.4 is 4.72 Å². The lowest BCUT2D eigenvalue weighted by Crippen LogP contribution is -2.32. The van der Waals surface area contributed by atoms with E-state index >= 15 is 0 Å². The van der Waals surface area contributed by atoms with Gasteiger partial charge in [-0.05, 0) is 31.5 Å². The summed E-state index contributed by atoms with van der Waals surface area (Å²) in [4.78, 5) is -0.938. The maximum Gasteiger partial charge on any atom is 0.243 e. The van der Waals surface area contributed by atoms with Crippen molar-refractivity contribution in [1.82, 2.24) is 4.72 Å². The van der Waals surface area contributed by atoms with Crippen LogP contribution in [0, 0.1) is 5.82 Å². The van der Waals surface area contributed by atoms with Crippen LogP contribution in [-0.2, 0) is 19.9 Å². The third-order valence-electron chi connectivity index (χ3n) is 2.50. The monoisotopic (exact) mass is 321 g/mol. The first-order valence-corrected chi connectivity index (χ1v) is 9.08. The molecule has 0 aliphatic rings. The first-order chi connectivity index (χ1) is 9.08. The highest BCUT2D eigenvalue weighted by Crippen LogP contribution is 2.20. The standard InChI is InChI=1S/C12H16FNO4S2/c1-4-5-9(2)14-20(17,18)12-8-10(19(3,15)16)6-7-11(12)13/h4,6-9,14H,1,5H2,2-3H3. The molecule has 5 nitrogen and oxygen atoms in total. The van der Waals surface area contributed by atoms with Crippen LogP contribution >= 0.6 is 0 Å². The smallest absolute Gasteiger partial charge is 0.224 e. The van der Waals surface area contributed by atoms with Gasteiger partial charge in [0.1, 0.15) is 10.7 Å². The van der Waals surface area contributed by atoms with E-state index in [1.807, 2.05) is 0 Å². The molecule has 1 aromatic rings. The molecule has 0 fully saturated rings. The molecule has 0 radical (unpaired) electrons. The average molecular weight is 321 g/mol. The zero-order valence-electron chi connectivity index (χ0n) is 11.1. The molecule has 1 N–H and O–H groups in total. The van der Waals surface area contributed by atoms with Crippen LogP contribution in [0.5, 0.6) is 0 Å². The largest absolute Gasteiger partial charge is 0.243 e. The molecule has 1 rings (SSSR count). The number of benzene rings is 1. The maximum absolute atomic E-state index is 13.7. The second-order valence-corrected chi connectivity index (χ2v) is 8.11. The minimum Gasteiger partial charge on any atom is -0.224 e. The summed E-state index contributed by atoms with van der Waals surface area (Å²) in [5.74, 6) is -1.00. The third kappa shape index (κ3) is 4.12. The van der Waals surface area contributed by atoms with Gasteiger partial charge in [-0.15, -0.1) is 6.58 Å². The summed E-state index contributed by atoms with van der Waals surface area (Å²) in [6, 6.07) is 2.19. The normalized spacial score (nSPS) is 13.9. The summed E-state index contributed by atoms with van der Waals surface area (Å²) < 4.78 is 62.8. The van der Waals surface area contributed by atoms with Gasteiger partial charge in [-0.25, -0.2) is 25.9 Å². The molecular formula is C12H16FNO4S2. The van der Waals surface area contributed by atoms with Gasteiger partial charge < -0.3 is 0 Å². The van der Waals surface area contributed by atoms with Gasteiger partial charge in [-0.3, -0.25) is 0 Å². The molecule has 0 aliphatic carbocycles. The molecule has 1 aromatic carbocycles. The van der Waals surface area contributed by atoms with Gasteiger partial charge in [-0.2, -0.15) is 0 Å². The average Bonchev–Trinajstić information content (AvgIpc) is 2.26. The van der Waals surface area contributed by atoms with Crippen molar-refractivity contribution in [3.63, 3.8) is 0 Å². The molecular weight excluding hydrogens is 305 g/mol.